The molecule has 1 aromatic carbocycles. The molecule has 0 atom stereocenters. The summed E-state index contributed by atoms with van der Waals surface area (Å²) >= 11 is 5.76. The van der Waals surface area contributed by atoms with Gasteiger partial charge in [0.2, 0.25) is 10.0 Å². The van der Waals surface area contributed by atoms with Crippen molar-refractivity contribution < 1.29 is 18.3 Å². The number of hydrogen-bond donors (Lipinski definition) is 1. The van der Waals surface area contributed by atoms with Crippen LogP contribution in [0.3, 0.4) is 0 Å². The number of carbonyl (C=O) groups is 1. The second-order valence-electron chi connectivity index (χ2n) is 4.91. The molecule has 20 heavy (non-hydrogen) atoms. The van der Waals surface area contributed by atoms with E-state index in [0.717, 1.165) is 31.7 Å². The molecule has 0 aromatic heterocycles. The second kappa shape index (κ2) is 5.71. The molecule has 1 aliphatic carbocycles. The fourth-order valence-electron chi connectivity index (χ4n) is 2.46. The van der Waals surface area contributed by atoms with Crippen LogP contribution in [0.15, 0.2) is 23.1 Å². The number of hydrogen-bond acceptors (Lipinski definition) is 3. The van der Waals surface area contributed by atoms with E-state index >= 15 is 0 Å². The maximum atomic E-state index is 12.5. The van der Waals surface area contributed by atoms with Gasteiger partial charge in [-0.15, -0.1) is 0 Å². The third kappa shape index (κ3) is 2.82. The zero-order chi connectivity index (χ0) is 14.9. The Morgan fingerprint density at radius 1 is 1.35 bits per heavy atom. The Labute approximate surface area is 123 Å². The van der Waals surface area contributed by atoms with Crippen molar-refractivity contribution in [2.75, 3.05) is 7.05 Å². The van der Waals surface area contributed by atoms with Crippen molar-refractivity contribution in [3.63, 3.8) is 0 Å². The number of rotatable bonds is 4. The highest BCUT2D eigenvalue weighted by Gasteiger charge is 2.30. The summed E-state index contributed by atoms with van der Waals surface area (Å²) in [6, 6.07) is 3.76. The molecule has 1 N–H and O–H groups in total. The number of sulfonamides is 1. The standard InChI is InChI=1S/C13H16ClNO4S/c1-15(9-4-2-3-5-9)20(18,19)10-6-7-12(14)11(8-10)13(16)17/h6-9H,2-5H2,1H3,(H,16,17). The van der Waals surface area contributed by atoms with E-state index in [0.29, 0.717) is 0 Å². The number of nitrogens with zero attached hydrogens (tertiary/aromatic N) is 1. The van der Waals surface area contributed by atoms with Gasteiger partial charge < -0.3 is 5.11 Å². The van der Waals surface area contributed by atoms with E-state index in [4.69, 9.17) is 16.7 Å². The van der Waals surface area contributed by atoms with Crippen LogP contribution >= 0.6 is 11.6 Å². The van der Waals surface area contributed by atoms with Crippen molar-refractivity contribution in [1.29, 1.82) is 0 Å². The molecule has 7 heteroatoms. The highest BCUT2D eigenvalue weighted by atomic mass is 35.5. The van der Waals surface area contributed by atoms with Crippen LogP contribution in [-0.4, -0.2) is 36.9 Å². The fraction of sp³-hybridized carbons (Fsp3) is 0.462. The Bertz CT molecular complexity index is 623. The molecule has 110 valence electrons. The monoisotopic (exact) mass is 317 g/mol. The van der Waals surface area contributed by atoms with Crippen molar-refractivity contribution in [2.24, 2.45) is 0 Å². The van der Waals surface area contributed by atoms with E-state index in [-0.39, 0.29) is 21.5 Å². The molecule has 1 aliphatic rings. The third-order valence-electron chi connectivity index (χ3n) is 3.68. The number of halogens is 1. The Balaban J connectivity index is 2.38. The quantitative estimate of drug-likeness (QED) is 0.926. The average molecular weight is 318 g/mol. The maximum Gasteiger partial charge on any atom is 0.337 e. The number of aromatic carboxylic acids is 1. The van der Waals surface area contributed by atoms with E-state index in [1.54, 1.807) is 7.05 Å². The molecule has 0 spiro atoms. The van der Waals surface area contributed by atoms with Crippen molar-refractivity contribution >= 4 is 27.6 Å². The zero-order valence-corrected chi connectivity index (χ0v) is 12.6. The SMILES string of the molecule is CN(C1CCCC1)S(=O)(=O)c1ccc(Cl)c(C(=O)O)c1. The fourth-order valence-corrected chi connectivity index (χ4v) is 4.10. The molecule has 0 saturated heterocycles. The van der Waals surface area contributed by atoms with Crippen LogP contribution in [0.1, 0.15) is 36.0 Å². The molecule has 0 aliphatic heterocycles. The average Bonchev–Trinajstić information content (AvgIpc) is 2.91. The van der Waals surface area contributed by atoms with E-state index in [9.17, 15) is 13.2 Å². The van der Waals surface area contributed by atoms with Gasteiger partial charge >= 0.3 is 5.97 Å². The maximum absolute atomic E-state index is 12.5. The van der Waals surface area contributed by atoms with Gasteiger partial charge in [-0.05, 0) is 31.0 Å². The first-order valence-corrected chi connectivity index (χ1v) is 8.16. The Morgan fingerprint density at radius 2 is 1.95 bits per heavy atom. The van der Waals surface area contributed by atoms with Crippen molar-refractivity contribution in [3.8, 4) is 0 Å². The van der Waals surface area contributed by atoms with Crippen LogP contribution in [0, 0.1) is 0 Å². The Hall–Kier alpha value is -1.11. The molecule has 5 nitrogen and oxygen atoms in total. The van der Waals surface area contributed by atoms with Gasteiger partial charge in [0, 0.05) is 13.1 Å². The van der Waals surface area contributed by atoms with E-state index < -0.39 is 16.0 Å². The van der Waals surface area contributed by atoms with Crippen molar-refractivity contribution in [2.45, 2.75) is 36.6 Å². The Kier molecular flexibility index (Phi) is 4.36. The molecule has 1 saturated carbocycles. The first-order chi connectivity index (χ1) is 9.34. The topological polar surface area (TPSA) is 74.7 Å². The number of carboxylic acids is 1. The summed E-state index contributed by atoms with van der Waals surface area (Å²) in [6.45, 7) is 0. The molecule has 0 heterocycles. The smallest absolute Gasteiger partial charge is 0.337 e. The molecule has 1 aromatic rings. The minimum atomic E-state index is -3.68. The van der Waals surface area contributed by atoms with Crippen molar-refractivity contribution in [1.82, 2.24) is 4.31 Å². The molecular formula is C13H16ClNO4S. The van der Waals surface area contributed by atoms with Gasteiger partial charge in [0.1, 0.15) is 0 Å². The normalized spacial score (nSPS) is 16.8. The minimum absolute atomic E-state index is 0.0102. The van der Waals surface area contributed by atoms with Crippen LogP contribution in [0.5, 0.6) is 0 Å². The summed E-state index contributed by atoms with van der Waals surface area (Å²) < 4.78 is 26.3. The summed E-state index contributed by atoms with van der Waals surface area (Å²) in [5, 5.41) is 9.04. The molecule has 0 unspecified atom stereocenters. The minimum Gasteiger partial charge on any atom is -0.478 e. The van der Waals surface area contributed by atoms with Crippen molar-refractivity contribution in [3.05, 3.63) is 28.8 Å². The lowest BCUT2D eigenvalue weighted by Gasteiger charge is -2.23. The lowest BCUT2D eigenvalue weighted by Crippen LogP contribution is -2.35. The number of benzene rings is 1. The van der Waals surface area contributed by atoms with Gasteiger partial charge in [-0.25, -0.2) is 13.2 Å². The van der Waals surface area contributed by atoms with Crippen LogP contribution < -0.4 is 0 Å². The summed E-state index contributed by atoms with van der Waals surface area (Å²) in [6.07, 6.45) is 3.72. The van der Waals surface area contributed by atoms with Gasteiger partial charge in [-0.1, -0.05) is 24.4 Å². The summed E-state index contributed by atoms with van der Waals surface area (Å²) in [5.41, 5.74) is -0.201. The predicted octanol–water partition coefficient (Wildman–Crippen LogP) is 2.60. The van der Waals surface area contributed by atoms with Crippen LogP contribution in [-0.2, 0) is 10.0 Å². The molecule has 0 radical (unpaired) electrons. The van der Waals surface area contributed by atoms with E-state index in [2.05, 4.69) is 0 Å². The highest BCUT2D eigenvalue weighted by molar-refractivity contribution is 7.89. The van der Waals surface area contributed by atoms with Crippen LogP contribution in [0.4, 0.5) is 0 Å². The molecular weight excluding hydrogens is 302 g/mol. The van der Waals surface area contributed by atoms with Gasteiger partial charge in [-0.2, -0.15) is 4.31 Å². The van der Waals surface area contributed by atoms with Crippen LogP contribution in [0.2, 0.25) is 5.02 Å². The molecule has 2 rings (SSSR count). The zero-order valence-electron chi connectivity index (χ0n) is 11.0. The predicted molar refractivity (Wildman–Crippen MR) is 75.6 cm³/mol. The van der Waals surface area contributed by atoms with Gasteiger partial charge in [0.15, 0.2) is 0 Å². The Morgan fingerprint density at radius 3 is 2.50 bits per heavy atom. The lowest BCUT2D eigenvalue weighted by atomic mass is 10.2. The largest absolute Gasteiger partial charge is 0.478 e. The summed E-state index contributed by atoms with van der Waals surface area (Å²) in [5.74, 6) is -1.24. The summed E-state index contributed by atoms with van der Waals surface area (Å²) in [7, 11) is -2.14. The van der Waals surface area contributed by atoms with Gasteiger partial charge in [0.25, 0.3) is 0 Å². The first kappa shape index (κ1) is 15.3. The molecule has 0 amide bonds. The van der Waals surface area contributed by atoms with Gasteiger partial charge in [0.05, 0.1) is 15.5 Å². The molecule has 0 bridgehead atoms. The third-order valence-corrected chi connectivity index (χ3v) is 5.92. The number of carboxylic acid groups (broad SMARTS) is 1. The molecule has 1 fully saturated rings. The summed E-state index contributed by atoms with van der Waals surface area (Å²) in [4.78, 5) is 11.0. The highest BCUT2D eigenvalue weighted by Crippen LogP contribution is 2.28. The second-order valence-corrected chi connectivity index (χ2v) is 7.31. The van der Waals surface area contributed by atoms with E-state index in [1.807, 2.05) is 0 Å². The lowest BCUT2D eigenvalue weighted by molar-refractivity contribution is 0.0697. The van der Waals surface area contributed by atoms with E-state index in [1.165, 1.54) is 16.4 Å². The van der Waals surface area contributed by atoms with Gasteiger partial charge in [-0.3, -0.25) is 0 Å². The first-order valence-electron chi connectivity index (χ1n) is 6.35. The van der Waals surface area contributed by atoms with Crippen LogP contribution in [0.25, 0.3) is 0 Å².